The second-order valence-electron chi connectivity index (χ2n) is 7.00. The summed E-state index contributed by atoms with van der Waals surface area (Å²) in [6, 6.07) is 11.9. The summed E-state index contributed by atoms with van der Waals surface area (Å²) in [5.74, 6) is -1.30. The SMILES string of the molecule is NCCc1ccc(NC2CCN(C(=O)NCc3c(F)cccc3F)CC2)cc1. The minimum Gasteiger partial charge on any atom is -0.382 e. The third kappa shape index (κ3) is 5.19. The summed E-state index contributed by atoms with van der Waals surface area (Å²) < 4.78 is 27.3. The van der Waals surface area contributed by atoms with E-state index in [0.717, 1.165) is 24.9 Å². The topological polar surface area (TPSA) is 70.4 Å². The lowest BCUT2D eigenvalue weighted by Crippen LogP contribution is -2.46. The molecule has 2 aromatic rings. The van der Waals surface area contributed by atoms with Gasteiger partial charge in [-0.2, -0.15) is 0 Å². The Morgan fingerprint density at radius 2 is 1.71 bits per heavy atom. The summed E-state index contributed by atoms with van der Waals surface area (Å²) in [7, 11) is 0. The first-order valence-corrected chi connectivity index (χ1v) is 9.58. The lowest BCUT2D eigenvalue weighted by molar-refractivity contribution is 0.183. The van der Waals surface area contributed by atoms with Crippen molar-refractivity contribution < 1.29 is 13.6 Å². The molecule has 2 amide bonds. The molecular weight excluding hydrogens is 362 g/mol. The van der Waals surface area contributed by atoms with Crippen molar-refractivity contribution in [1.82, 2.24) is 10.2 Å². The van der Waals surface area contributed by atoms with E-state index in [1.54, 1.807) is 4.90 Å². The molecule has 0 unspecified atom stereocenters. The minimum atomic E-state index is -0.652. The maximum atomic E-state index is 13.6. The fourth-order valence-electron chi connectivity index (χ4n) is 3.37. The Morgan fingerprint density at radius 3 is 2.32 bits per heavy atom. The van der Waals surface area contributed by atoms with Crippen LogP contribution >= 0.6 is 0 Å². The van der Waals surface area contributed by atoms with E-state index in [9.17, 15) is 13.6 Å². The van der Waals surface area contributed by atoms with Crippen molar-refractivity contribution in [2.24, 2.45) is 5.73 Å². The van der Waals surface area contributed by atoms with Crippen molar-refractivity contribution in [3.8, 4) is 0 Å². The molecule has 4 N–H and O–H groups in total. The first kappa shape index (κ1) is 20.1. The molecule has 0 radical (unpaired) electrons. The quantitative estimate of drug-likeness (QED) is 0.711. The first-order valence-electron chi connectivity index (χ1n) is 9.58. The highest BCUT2D eigenvalue weighted by atomic mass is 19.1. The predicted octanol–water partition coefficient (Wildman–Crippen LogP) is 3.25. The van der Waals surface area contributed by atoms with Gasteiger partial charge in [-0.25, -0.2) is 13.6 Å². The third-order valence-corrected chi connectivity index (χ3v) is 5.02. The molecule has 28 heavy (non-hydrogen) atoms. The minimum absolute atomic E-state index is 0.120. The largest absolute Gasteiger partial charge is 0.382 e. The standard InChI is InChI=1S/C21H26F2N4O/c22-19-2-1-3-20(23)18(19)14-25-21(28)27-12-9-17(10-13-27)26-16-6-4-15(5-7-16)8-11-24/h1-7,17,26H,8-14,24H2,(H,25,28). The number of hydrogen-bond donors (Lipinski definition) is 3. The Balaban J connectivity index is 1.45. The van der Waals surface area contributed by atoms with Gasteiger partial charge in [0.05, 0.1) is 6.54 Å². The highest BCUT2D eigenvalue weighted by molar-refractivity contribution is 5.74. The number of anilines is 1. The van der Waals surface area contributed by atoms with Gasteiger partial charge in [-0.1, -0.05) is 18.2 Å². The van der Waals surface area contributed by atoms with E-state index in [0.29, 0.717) is 19.6 Å². The normalized spacial score (nSPS) is 14.8. The van der Waals surface area contributed by atoms with Gasteiger partial charge < -0.3 is 21.3 Å². The molecule has 0 saturated carbocycles. The summed E-state index contributed by atoms with van der Waals surface area (Å²) in [5.41, 5.74) is 7.71. The number of carbonyl (C=O) groups excluding carboxylic acids is 1. The van der Waals surface area contributed by atoms with Gasteiger partial charge in [0, 0.05) is 30.4 Å². The first-order chi connectivity index (χ1) is 13.6. The molecular formula is C21H26F2N4O. The summed E-state index contributed by atoms with van der Waals surface area (Å²) >= 11 is 0. The molecule has 5 nitrogen and oxygen atoms in total. The molecule has 0 aliphatic carbocycles. The zero-order chi connectivity index (χ0) is 19.9. The lowest BCUT2D eigenvalue weighted by Gasteiger charge is -2.33. The van der Waals surface area contributed by atoms with Crippen LogP contribution in [0.2, 0.25) is 0 Å². The smallest absolute Gasteiger partial charge is 0.317 e. The van der Waals surface area contributed by atoms with Gasteiger partial charge in [0.1, 0.15) is 11.6 Å². The zero-order valence-electron chi connectivity index (χ0n) is 15.8. The average Bonchev–Trinajstić information content (AvgIpc) is 2.70. The van der Waals surface area contributed by atoms with E-state index < -0.39 is 11.6 Å². The number of nitrogens with two attached hydrogens (primary N) is 1. The van der Waals surface area contributed by atoms with Gasteiger partial charge in [0.2, 0.25) is 0 Å². The molecule has 0 bridgehead atoms. The van der Waals surface area contributed by atoms with E-state index in [2.05, 4.69) is 22.8 Å². The molecule has 1 fully saturated rings. The molecule has 2 aromatic carbocycles. The van der Waals surface area contributed by atoms with Crippen molar-refractivity contribution >= 4 is 11.7 Å². The maximum absolute atomic E-state index is 13.6. The van der Waals surface area contributed by atoms with Crippen molar-refractivity contribution in [2.75, 3.05) is 25.0 Å². The Hall–Kier alpha value is -2.67. The van der Waals surface area contributed by atoms with E-state index in [1.165, 1.54) is 23.8 Å². The lowest BCUT2D eigenvalue weighted by atomic mass is 10.0. The van der Waals surface area contributed by atoms with E-state index in [1.807, 2.05) is 12.1 Å². The van der Waals surface area contributed by atoms with Gasteiger partial charge in [0.25, 0.3) is 0 Å². The van der Waals surface area contributed by atoms with Gasteiger partial charge in [-0.3, -0.25) is 0 Å². The third-order valence-electron chi connectivity index (χ3n) is 5.02. The fourth-order valence-corrected chi connectivity index (χ4v) is 3.37. The number of benzene rings is 2. The molecule has 1 aliphatic heterocycles. The zero-order valence-corrected chi connectivity index (χ0v) is 15.8. The van der Waals surface area contributed by atoms with Gasteiger partial charge >= 0.3 is 6.03 Å². The van der Waals surface area contributed by atoms with Crippen LogP contribution in [-0.4, -0.2) is 36.6 Å². The Morgan fingerprint density at radius 1 is 1.07 bits per heavy atom. The number of hydrogen-bond acceptors (Lipinski definition) is 3. The molecule has 7 heteroatoms. The second-order valence-corrected chi connectivity index (χ2v) is 7.00. The molecule has 1 heterocycles. The maximum Gasteiger partial charge on any atom is 0.317 e. The fraction of sp³-hybridized carbons (Fsp3) is 0.381. The molecule has 3 rings (SSSR count). The second kappa shape index (κ2) is 9.50. The van der Waals surface area contributed by atoms with Gasteiger partial charge in [-0.15, -0.1) is 0 Å². The molecule has 0 spiro atoms. The number of nitrogens with zero attached hydrogens (tertiary/aromatic N) is 1. The van der Waals surface area contributed by atoms with Gasteiger partial charge in [-0.05, 0) is 55.6 Å². The number of piperidine rings is 1. The highest BCUT2D eigenvalue weighted by Gasteiger charge is 2.23. The average molecular weight is 388 g/mol. The molecule has 0 aromatic heterocycles. The van der Waals surface area contributed by atoms with Crippen LogP contribution in [0, 0.1) is 11.6 Å². The molecule has 1 aliphatic rings. The Bertz CT molecular complexity index is 769. The summed E-state index contributed by atoms with van der Waals surface area (Å²) in [6.45, 7) is 1.66. The van der Waals surface area contributed by atoms with Crippen molar-refractivity contribution in [1.29, 1.82) is 0 Å². The van der Waals surface area contributed by atoms with Crippen LogP contribution in [0.4, 0.5) is 19.3 Å². The molecule has 1 saturated heterocycles. The number of carbonyl (C=O) groups is 1. The molecule has 0 atom stereocenters. The van der Waals surface area contributed by atoms with Crippen molar-refractivity contribution in [2.45, 2.75) is 31.8 Å². The van der Waals surface area contributed by atoms with E-state index in [4.69, 9.17) is 5.73 Å². The summed E-state index contributed by atoms with van der Waals surface area (Å²) in [5, 5.41) is 6.10. The Labute approximate surface area is 163 Å². The number of amides is 2. The van der Waals surface area contributed by atoms with Crippen LogP contribution in [0.25, 0.3) is 0 Å². The van der Waals surface area contributed by atoms with Crippen LogP contribution < -0.4 is 16.4 Å². The number of halogens is 2. The number of likely N-dealkylation sites (tertiary alicyclic amines) is 1. The van der Waals surface area contributed by atoms with E-state index in [-0.39, 0.29) is 24.2 Å². The summed E-state index contributed by atoms with van der Waals surface area (Å²) in [4.78, 5) is 14.0. The highest BCUT2D eigenvalue weighted by Crippen LogP contribution is 2.18. The number of urea groups is 1. The monoisotopic (exact) mass is 388 g/mol. The Kier molecular flexibility index (Phi) is 6.81. The van der Waals surface area contributed by atoms with Crippen molar-refractivity contribution in [3.05, 3.63) is 65.2 Å². The number of nitrogens with one attached hydrogen (secondary N) is 2. The predicted molar refractivity (Wildman–Crippen MR) is 106 cm³/mol. The van der Waals surface area contributed by atoms with Crippen LogP contribution in [-0.2, 0) is 13.0 Å². The van der Waals surface area contributed by atoms with Gasteiger partial charge in [0.15, 0.2) is 0 Å². The van der Waals surface area contributed by atoms with Crippen LogP contribution in [0.5, 0.6) is 0 Å². The van der Waals surface area contributed by atoms with Crippen molar-refractivity contribution in [3.63, 3.8) is 0 Å². The van der Waals surface area contributed by atoms with Crippen LogP contribution in [0.1, 0.15) is 24.0 Å². The molecule has 150 valence electrons. The van der Waals surface area contributed by atoms with E-state index >= 15 is 0 Å². The van der Waals surface area contributed by atoms with Crippen LogP contribution in [0.15, 0.2) is 42.5 Å². The van der Waals surface area contributed by atoms with Crippen LogP contribution in [0.3, 0.4) is 0 Å². The number of rotatable bonds is 6. The summed E-state index contributed by atoms with van der Waals surface area (Å²) in [6.07, 6.45) is 2.49.